The Labute approximate surface area is 99.4 Å². The van der Waals surface area contributed by atoms with Crippen molar-refractivity contribution in [3.63, 3.8) is 0 Å². The largest absolute Gasteiger partial charge is 0.495 e. The number of methoxy groups -OCH3 is 1. The molecule has 1 aromatic rings. The Morgan fingerprint density at radius 3 is 2.27 bits per heavy atom. The van der Waals surface area contributed by atoms with Crippen molar-refractivity contribution in [3.05, 3.63) is 27.2 Å². The van der Waals surface area contributed by atoms with Crippen LogP contribution in [0.25, 0.3) is 0 Å². The molecule has 1 N–H and O–H groups in total. The molecular formula is C12H17BrO2. The fraction of sp³-hybridized carbons (Fsp3) is 0.500. The van der Waals surface area contributed by atoms with Crippen molar-refractivity contribution >= 4 is 15.9 Å². The second-order valence-electron chi connectivity index (χ2n) is 4.27. The summed E-state index contributed by atoms with van der Waals surface area (Å²) in [6.45, 7) is 7.56. The molecular weight excluding hydrogens is 256 g/mol. The summed E-state index contributed by atoms with van der Waals surface area (Å²) >= 11 is 3.45. The third-order valence-electron chi connectivity index (χ3n) is 2.57. The number of halogens is 1. The molecule has 0 saturated carbocycles. The van der Waals surface area contributed by atoms with Crippen molar-refractivity contribution in [2.75, 3.05) is 7.11 Å². The lowest BCUT2D eigenvalue weighted by atomic mass is 9.90. The second kappa shape index (κ2) is 4.14. The Bertz CT molecular complexity index is 378. The third kappa shape index (κ3) is 2.34. The molecule has 84 valence electrons. The van der Waals surface area contributed by atoms with Crippen molar-refractivity contribution in [1.29, 1.82) is 0 Å². The monoisotopic (exact) mass is 272 g/mol. The number of ether oxygens (including phenoxy) is 1. The standard InChI is InChI=1S/C12H17BrO2/c1-7-6-9(13)11(15-5)10(8(7)2)12(3,4)14/h6,14H,1-5H3. The molecule has 0 amide bonds. The van der Waals surface area contributed by atoms with Crippen LogP contribution in [0, 0.1) is 13.8 Å². The van der Waals surface area contributed by atoms with E-state index in [9.17, 15) is 5.11 Å². The molecule has 0 saturated heterocycles. The minimum atomic E-state index is -0.899. The number of benzene rings is 1. The molecule has 0 fully saturated rings. The van der Waals surface area contributed by atoms with E-state index in [0.717, 1.165) is 21.2 Å². The van der Waals surface area contributed by atoms with Crippen LogP contribution < -0.4 is 4.74 Å². The van der Waals surface area contributed by atoms with Gasteiger partial charge >= 0.3 is 0 Å². The summed E-state index contributed by atoms with van der Waals surface area (Å²) in [5.74, 6) is 0.714. The average Bonchev–Trinajstić information content (AvgIpc) is 2.08. The highest BCUT2D eigenvalue weighted by molar-refractivity contribution is 9.10. The van der Waals surface area contributed by atoms with Gasteiger partial charge in [-0.25, -0.2) is 0 Å². The van der Waals surface area contributed by atoms with E-state index in [-0.39, 0.29) is 0 Å². The topological polar surface area (TPSA) is 29.5 Å². The molecule has 0 radical (unpaired) electrons. The number of hydrogen-bond acceptors (Lipinski definition) is 2. The quantitative estimate of drug-likeness (QED) is 0.895. The molecule has 0 spiro atoms. The summed E-state index contributed by atoms with van der Waals surface area (Å²) in [6, 6.07) is 2.00. The maximum Gasteiger partial charge on any atom is 0.139 e. The molecule has 15 heavy (non-hydrogen) atoms. The lowest BCUT2D eigenvalue weighted by Gasteiger charge is -2.25. The van der Waals surface area contributed by atoms with E-state index in [2.05, 4.69) is 15.9 Å². The molecule has 0 aliphatic rings. The summed E-state index contributed by atoms with van der Waals surface area (Å²) in [5.41, 5.74) is 2.16. The zero-order valence-corrected chi connectivity index (χ0v) is 11.4. The first kappa shape index (κ1) is 12.5. The molecule has 0 heterocycles. The van der Waals surface area contributed by atoms with Crippen LogP contribution in [0.5, 0.6) is 5.75 Å². The Kier molecular flexibility index (Phi) is 3.46. The van der Waals surface area contributed by atoms with Crippen LogP contribution in [0.2, 0.25) is 0 Å². The highest BCUT2D eigenvalue weighted by atomic mass is 79.9. The first-order chi connectivity index (χ1) is 6.79. The highest BCUT2D eigenvalue weighted by Gasteiger charge is 2.25. The Balaban J connectivity index is 3.59. The number of hydrogen-bond donors (Lipinski definition) is 1. The highest BCUT2D eigenvalue weighted by Crippen LogP contribution is 2.39. The fourth-order valence-electron chi connectivity index (χ4n) is 1.79. The van der Waals surface area contributed by atoms with E-state index in [1.165, 1.54) is 0 Å². The summed E-state index contributed by atoms with van der Waals surface area (Å²) in [5, 5.41) is 10.1. The van der Waals surface area contributed by atoms with E-state index < -0.39 is 5.60 Å². The van der Waals surface area contributed by atoms with Crippen molar-refractivity contribution < 1.29 is 9.84 Å². The maximum atomic E-state index is 10.1. The van der Waals surface area contributed by atoms with Crippen LogP contribution in [0.1, 0.15) is 30.5 Å². The minimum absolute atomic E-state index is 0.714. The smallest absolute Gasteiger partial charge is 0.139 e. The summed E-state index contributed by atoms with van der Waals surface area (Å²) in [7, 11) is 1.62. The van der Waals surface area contributed by atoms with Gasteiger partial charge in [0.25, 0.3) is 0 Å². The lowest BCUT2D eigenvalue weighted by Crippen LogP contribution is -2.19. The van der Waals surface area contributed by atoms with Gasteiger partial charge in [-0.05, 0) is 60.8 Å². The van der Waals surface area contributed by atoms with Gasteiger partial charge in [-0.1, -0.05) is 0 Å². The first-order valence-electron chi connectivity index (χ1n) is 4.85. The van der Waals surface area contributed by atoms with Gasteiger partial charge in [0.2, 0.25) is 0 Å². The van der Waals surface area contributed by atoms with Gasteiger partial charge in [0.1, 0.15) is 5.75 Å². The molecule has 0 aromatic heterocycles. The van der Waals surface area contributed by atoms with Gasteiger partial charge in [0.15, 0.2) is 0 Å². The van der Waals surface area contributed by atoms with Crippen molar-refractivity contribution in [3.8, 4) is 5.75 Å². The molecule has 0 bridgehead atoms. The van der Waals surface area contributed by atoms with Crippen LogP contribution in [0.15, 0.2) is 10.5 Å². The molecule has 1 rings (SSSR count). The van der Waals surface area contributed by atoms with Crippen molar-refractivity contribution in [2.45, 2.75) is 33.3 Å². The van der Waals surface area contributed by atoms with Crippen molar-refractivity contribution in [1.82, 2.24) is 0 Å². The van der Waals surface area contributed by atoms with Gasteiger partial charge < -0.3 is 9.84 Å². The predicted octanol–water partition coefficient (Wildman–Crippen LogP) is 3.30. The maximum absolute atomic E-state index is 10.1. The van der Waals surface area contributed by atoms with Gasteiger partial charge in [0, 0.05) is 5.56 Å². The first-order valence-corrected chi connectivity index (χ1v) is 5.65. The molecule has 3 heteroatoms. The zero-order chi connectivity index (χ0) is 11.8. The van der Waals surface area contributed by atoms with Crippen LogP contribution >= 0.6 is 15.9 Å². The summed E-state index contributed by atoms with van der Waals surface area (Å²) in [6.07, 6.45) is 0. The summed E-state index contributed by atoms with van der Waals surface area (Å²) < 4.78 is 6.21. The van der Waals surface area contributed by atoms with Gasteiger partial charge in [-0.2, -0.15) is 0 Å². The van der Waals surface area contributed by atoms with Crippen LogP contribution in [0.3, 0.4) is 0 Å². The molecule has 1 aromatic carbocycles. The predicted molar refractivity (Wildman–Crippen MR) is 65.4 cm³/mol. The van der Waals surface area contributed by atoms with E-state index in [4.69, 9.17) is 4.74 Å². The molecule has 0 aliphatic heterocycles. The van der Waals surface area contributed by atoms with Crippen LogP contribution in [-0.4, -0.2) is 12.2 Å². The second-order valence-corrected chi connectivity index (χ2v) is 5.12. The molecule has 0 aliphatic carbocycles. The normalized spacial score (nSPS) is 11.7. The Morgan fingerprint density at radius 1 is 1.33 bits per heavy atom. The Hall–Kier alpha value is -0.540. The molecule has 0 atom stereocenters. The fourth-order valence-corrected chi connectivity index (χ4v) is 2.49. The van der Waals surface area contributed by atoms with E-state index in [0.29, 0.717) is 5.75 Å². The van der Waals surface area contributed by atoms with E-state index in [1.54, 1.807) is 21.0 Å². The van der Waals surface area contributed by atoms with Gasteiger partial charge in [0.05, 0.1) is 17.2 Å². The van der Waals surface area contributed by atoms with Crippen molar-refractivity contribution in [2.24, 2.45) is 0 Å². The van der Waals surface area contributed by atoms with Gasteiger partial charge in [-0.3, -0.25) is 0 Å². The van der Waals surface area contributed by atoms with Crippen LogP contribution in [-0.2, 0) is 5.60 Å². The average molecular weight is 273 g/mol. The Morgan fingerprint density at radius 2 is 1.87 bits per heavy atom. The third-order valence-corrected chi connectivity index (χ3v) is 3.16. The molecule has 0 unspecified atom stereocenters. The minimum Gasteiger partial charge on any atom is -0.495 e. The summed E-state index contributed by atoms with van der Waals surface area (Å²) in [4.78, 5) is 0. The van der Waals surface area contributed by atoms with Crippen LogP contribution in [0.4, 0.5) is 0 Å². The zero-order valence-electron chi connectivity index (χ0n) is 9.81. The van der Waals surface area contributed by atoms with Gasteiger partial charge in [-0.15, -0.1) is 0 Å². The number of aliphatic hydroxyl groups is 1. The lowest BCUT2D eigenvalue weighted by molar-refractivity contribution is 0.0747. The number of rotatable bonds is 2. The van der Waals surface area contributed by atoms with E-state index >= 15 is 0 Å². The van der Waals surface area contributed by atoms with E-state index in [1.807, 2.05) is 19.9 Å². The number of aryl methyl sites for hydroxylation is 1. The molecule has 2 nitrogen and oxygen atoms in total. The SMILES string of the molecule is COc1c(Br)cc(C)c(C)c1C(C)(C)O.